The molecule has 12 heteroatoms. The highest BCUT2D eigenvalue weighted by atomic mass is 16.6. The molecule has 3 amide bonds. The molecule has 0 radical (unpaired) electrons. The largest absolute Gasteiger partial charge is 0.377 e. The summed E-state index contributed by atoms with van der Waals surface area (Å²) in [6.45, 7) is -0.328. The number of aliphatic hydroxyl groups excluding tert-OH is 2. The van der Waals surface area contributed by atoms with Crippen molar-refractivity contribution in [1.82, 2.24) is 20.9 Å². The Hall–Kier alpha value is -2.12. The molecular weight excluding hydrogens is 350 g/mol. The minimum absolute atomic E-state index is 0.0531. The number of carbonyl (C=O) groups excluding carboxylic acids is 4. The molecule has 0 spiro atoms. The van der Waals surface area contributed by atoms with Gasteiger partial charge >= 0.3 is 0 Å². The third-order valence-electron chi connectivity index (χ3n) is 3.04. The standard InChI is InChI=1S/C14H27N5O7/c1-9(20)4-16-11(22)5-17-12(23)7-19(8-14(25)26-2)13(24)6-18-10(21)3-15/h11,14,16,22,25H,3-8,15H2,1-2H3,(H,17,23)(H,18,21)/t11?,14-/m1/s1. The monoisotopic (exact) mass is 377 g/mol. The van der Waals surface area contributed by atoms with E-state index in [2.05, 4.69) is 20.7 Å². The molecule has 0 saturated carbocycles. The lowest BCUT2D eigenvalue weighted by atomic mass is 10.3. The topological polar surface area (TPSA) is 183 Å². The molecule has 0 aliphatic heterocycles. The molecule has 0 aliphatic carbocycles. The number of nitrogens with two attached hydrogens (primary N) is 1. The first-order valence-corrected chi connectivity index (χ1v) is 7.82. The number of hydrogen-bond acceptors (Lipinski definition) is 9. The van der Waals surface area contributed by atoms with E-state index in [0.717, 1.165) is 4.90 Å². The molecule has 7 N–H and O–H groups in total. The van der Waals surface area contributed by atoms with Crippen LogP contribution in [-0.4, -0.2) is 97.5 Å². The Labute approximate surface area is 151 Å². The lowest BCUT2D eigenvalue weighted by Gasteiger charge is -2.24. The van der Waals surface area contributed by atoms with Crippen molar-refractivity contribution in [3.8, 4) is 0 Å². The van der Waals surface area contributed by atoms with E-state index in [1.54, 1.807) is 0 Å². The molecule has 0 aliphatic rings. The highest BCUT2D eigenvalue weighted by Crippen LogP contribution is 1.95. The predicted octanol–water partition coefficient (Wildman–Crippen LogP) is -4.53. The summed E-state index contributed by atoms with van der Waals surface area (Å²) in [7, 11) is 1.22. The number of amides is 3. The van der Waals surface area contributed by atoms with Crippen molar-refractivity contribution in [1.29, 1.82) is 0 Å². The Bertz CT molecular complexity index is 488. The van der Waals surface area contributed by atoms with Crippen LogP contribution in [0.5, 0.6) is 0 Å². The number of carbonyl (C=O) groups is 4. The molecule has 0 heterocycles. The van der Waals surface area contributed by atoms with Gasteiger partial charge in [0.05, 0.1) is 39.3 Å². The van der Waals surface area contributed by atoms with Crippen molar-refractivity contribution in [3.05, 3.63) is 0 Å². The van der Waals surface area contributed by atoms with E-state index in [-0.39, 0.29) is 32.0 Å². The van der Waals surface area contributed by atoms with Gasteiger partial charge in [0.2, 0.25) is 17.7 Å². The second-order valence-electron chi connectivity index (χ2n) is 5.35. The average Bonchev–Trinajstić information content (AvgIpc) is 2.61. The van der Waals surface area contributed by atoms with Crippen LogP contribution in [0.3, 0.4) is 0 Å². The van der Waals surface area contributed by atoms with Crippen LogP contribution in [0.4, 0.5) is 0 Å². The van der Waals surface area contributed by atoms with Gasteiger partial charge in [0.15, 0.2) is 6.29 Å². The lowest BCUT2D eigenvalue weighted by Crippen LogP contribution is -2.50. The minimum atomic E-state index is -1.32. The number of Topliss-reactive ketones (excluding diaryl/α,β-unsaturated/α-hetero) is 1. The fourth-order valence-electron chi connectivity index (χ4n) is 1.65. The van der Waals surface area contributed by atoms with Crippen LogP contribution >= 0.6 is 0 Å². The van der Waals surface area contributed by atoms with Crippen LogP contribution in [0.25, 0.3) is 0 Å². The first-order chi connectivity index (χ1) is 12.2. The molecule has 0 bridgehead atoms. The van der Waals surface area contributed by atoms with Crippen LogP contribution in [-0.2, 0) is 23.9 Å². The Morgan fingerprint density at radius 3 is 2.31 bits per heavy atom. The van der Waals surface area contributed by atoms with Gasteiger partial charge in [-0.25, -0.2) is 0 Å². The Morgan fingerprint density at radius 1 is 1.12 bits per heavy atom. The van der Waals surface area contributed by atoms with Crippen LogP contribution in [0, 0.1) is 0 Å². The summed E-state index contributed by atoms with van der Waals surface area (Å²) < 4.78 is 4.65. The first-order valence-electron chi connectivity index (χ1n) is 7.82. The summed E-state index contributed by atoms with van der Waals surface area (Å²) in [6.07, 6.45) is -2.46. The summed E-state index contributed by atoms with van der Waals surface area (Å²) in [5.41, 5.74) is 5.12. The highest BCUT2D eigenvalue weighted by Gasteiger charge is 2.21. The molecule has 0 rings (SSSR count). The molecule has 150 valence electrons. The molecule has 0 aromatic carbocycles. The normalized spacial score (nSPS) is 12.8. The number of rotatable bonds is 13. The van der Waals surface area contributed by atoms with Gasteiger partial charge in [-0.2, -0.15) is 0 Å². The minimum Gasteiger partial charge on any atom is -0.377 e. The van der Waals surface area contributed by atoms with Gasteiger partial charge in [0.1, 0.15) is 12.0 Å². The van der Waals surface area contributed by atoms with Gasteiger partial charge in [0, 0.05) is 7.11 Å². The Morgan fingerprint density at radius 2 is 1.77 bits per heavy atom. The predicted molar refractivity (Wildman–Crippen MR) is 89.4 cm³/mol. The van der Waals surface area contributed by atoms with E-state index < -0.39 is 43.3 Å². The van der Waals surface area contributed by atoms with Gasteiger partial charge in [-0.15, -0.1) is 0 Å². The average molecular weight is 377 g/mol. The Kier molecular flexibility index (Phi) is 12.1. The second kappa shape index (κ2) is 13.1. The van der Waals surface area contributed by atoms with Crippen LogP contribution < -0.4 is 21.7 Å². The molecule has 12 nitrogen and oxygen atoms in total. The number of hydrogen-bond donors (Lipinski definition) is 6. The van der Waals surface area contributed by atoms with Crippen LogP contribution in [0.15, 0.2) is 0 Å². The van der Waals surface area contributed by atoms with Crippen LogP contribution in [0.2, 0.25) is 0 Å². The summed E-state index contributed by atoms with van der Waals surface area (Å²) in [6, 6.07) is 0. The van der Waals surface area contributed by atoms with Crippen molar-refractivity contribution in [3.63, 3.8) is 0 Å². The molecule has 0 fully saturated rings. The lowest BCUT2D eigenvalue weighted by molar-refractivity contribution is -0.144. The zero-order chi connectivity index (χ0) is 20.1. The fourth-order valence-corrected chi connectivity index (χ4v) is 1.65. The summed E-state index contributed by atoms with van der Waals surface area (Å²) in [5, 5.41) is 26.2. The molecular formula is C14H27N5O7. The van der Waals surface area contributed by atoms with Gasteiger partial charge in [-0.05, 0) is 6.92 Å². The van der Waals surface area contributed by atoms with E-state index in [0.29, 0.717) is 0 Å². The van der Waals surface area contributed by atoms with Crippen molar-refractivity contribution in [2.75, 3.05) is 46.4 Å². The van der Waals surface area contributed by atoms with E-state index >= 15 is 0 Å². The number of nitrogens with one attached hydrogen (secondary N) is 3. The maximum absolute atomic E-state index is 12.1. The number of methoxy groups -OCH3 is 1. The number of aliphatic hydroxyl groups is 2. The fraction of sp³-hybridized carbons (Fsp3) is 0.714. The Balaban J connectivity index is 4.55. The second-order valence-corrected chi connectivity index (χ2v) is 5.35. The third kappa shape index (κ3) is 11.4. The molecule has 26 heavy (non-hydrogen) atoms. The zero-order valence-electron chi connectivity index (χ0n) is 14.9. The third-order valence-corrected chi connectivity index (χ3v) is 3.04. The number of ether oxygens (including phenoxy) is 1. The number of ketones is 1. The smallest absolute Gasteiger partial charge is 0.242 e. The maximum Gasteiger partial charge on any atom is 0.242 e. The van der Waals surface area contributed by atoms with Crippen molar-refractivity contribution >= 4 is 23.5 Å². The molecule has 0 saturated heterocycles. The highest BCUT2D eigenvalue weighted by molar-refractivity contribution is 5.88. The maximum atomic E-state index is 12.1. The summed E-state index contributed by atoms with van der Waals surface area (Å²) in [4.78, 5) is 46.9. The molecule has 0 aromatic heterocycles. The van der Waals surface area contributed by atoms with Gasteiger partial charge in [0.25, 0.3) is 0 Å². The SMILES string of the molecule is CO[C@@H](O)CN(CC(=O)NCC(O)NCC(C)=O)C(=O)CNC(=O)CN. The zero-order valence-corrected chi connectivity index (χ0v) is 14.9. The molecule has 0 aromatic rings. The van der Waals surface area contributed by atoms with E-state index in [1.807, 2.05) is 0 Å². The summed E-state index contributed by atoms with van der Waals surface area (Å²) >= 11 is 0. The van der Waals surface area contributed by atoms with Gasteiger partial charge < -0.3 is 36.2 Å². The molecule has 2 atom stereocenters. The van der Waals surface area contributed by atoms with E-state index in [9.17, 15) is 29.4 Å². The van der Waals surface area contributed by atoms with Crippen molar-refractivity contribution in [2.45, 2.75) is 19.4 Å². The first kappa shape index (κ1) is 23.9. The molecule has 1 unspecified atom stereocenters. The van der Waals surface area contributed by atoms with Gasteiger partial charge in [-0.1, -0.05) is 0 Å². The van der Waals surface area contributed by atoms with Crippen molar-refractivity contribution in [2.24, 2.45) is 5.73 Å². The van der Waals surface area contributed by atoms with E-state index in [1.165, 1.54) is 14.0 Å². The van der Waals surface area contributed by atoms with E-state index in [4.69, 9.17) is 5.73 Å². The van der Waals surface area contributed by atoms with Crippen molar-refractivity contribution < 1.29 is 34.1 Å². The van der Waals surface area contributed by atoms with Gasteiger partial charge in [-0.3, -0.25) is 24.5 Å². The number of nitrogens with zero attached hydrogens (tertiary/aromatic N) is 1. The summed E-state index contributed by atoms with van der Waals surface area (Å²) in [5.74, 6) is -1.97. The van der Waals surface area contributed by atoms with Crippen LogP contribution in [0.1, 0.15) is 6.92 Å². The quantitative estimate of drug-likeness (QED) is 0.172.